The number of benzene rings is 2. The van der Waals surface area contributed by atoms with Crippen molar-refractivity contribution < 1.29 is 37.5 Å². The van der Waals surface area contributed by atoms with E-state index in [0.29, 0.717) is 60.2 Å². The number of pyridine rings is 4. The van der Waals surface area contributed by atoms with Gasteiger partial charge in [0.1, 0.15) is 34.4 Å². The summed E-state index contributed by atoms with van der Waals surface area (Å²) in [7, 11) is -0.363. The fraction of sp³-hybridized carbons (Fsp3) is 0.348. The van der Waals surface area contributed by atoms with Crippen molar-refractivity contribution in [2.75, 3.05) is 18.1 Å². The van der Waals surface area contributed by atoms with Crippen molar-refractivity contribution in [1.29, 1.82) is 0 Å². The molecule has 1 saturated heterocycles. The molecule has 9 rings (SSSR count). The Morgan fingerprint density at radius 3 is 1.78 bits per heavy atom. The van der Waals surface area contributed by atoms with Crippen molar-refractivity contribution in [3.05, 3.63) is 120 Å². The van der Waals surface area contributed by atoms with Crippen LogP contribution in [0.2, 0.25) is 0 Å². The van der Waals surface area contributed by atoms with E-state index in [4.69, 9.17) is 25.5 Å². The Morgan fingerprint density at radius 2 is 1.31 bits per heavy atom. The molecule has 6 aromatic rings. The zero-order chi connectivity index (χ0) is 46.6. The number of hydrogen-bond acceptors (Lipinski definition) is 11. The first kappa shape index (κ1) is 48.8. The van der Waals surface area contributed by atoms with E-state index < -0.39 is 29.1 Å². The van der Waals surface area contributed by atoms with Crippen LogP contribution in [0.25, 0.3) is 32.9 Å². The van der Waals surface area contributed by atoms with Gasteiger partial charge in [0, 0.05) is 51.8 Å². The standard InChI is InChI=1S/C19H16FN3O3.C16H15BrFNO3.C11H17BN2O2.ClH/c1-9-16(10-2-5-15(21)22-8-10)14(20)7-11-6-13(19(25)26)18(24)23(17(9)11)12-3-4-12;1-3-22-16(21)11-6-9-7-12(18)13(17)8(2)14(9)19(15(11)20)10-4-5-10;1-10(2)11(3,4)16-12(15-10)8-5-6-9(13)14-7-8;/h2,5-8,12H,3-4H2,1H3,(H2,21,22)(H,25,26);6-7,10H,3-5H2,1-2H3;5-7H,1-4H3,(H2,13,14);1H. The highest BCUT2D eigenvalue weighted by Crippen LogP contribution is 2.41. The molecule has 5 heterocycles. The summed E-state index contributed by atoms with van der Waals surface area (Å²) in [6, 6.07) is 12.2. The Morgan fingerprint density at radius 1 is 0.815 bits per heavy atom. The van der Waals surface area contributed by atoms with Crippen molar-refractivity contribution in [2.45, 2.75) is 97.4 Å². The zero-order valence-electron chi connectivity index (χ0n) is 36.8. The summed E-state index contributed by atoms with van der Waals surface area (Å²) in [6.45, 7) is 13.5. The maximum atomic E-state index is 14.9. The number of rotatable bonds is 7. The average molecular weight is 978 g/mol. The van der Waals surface area contributed by atoms with Crippen molar-refractivity contribution >= 4 is 86.3 Å². The molecule has 3 aliphatic rings. The molecule has 4 aromatic heterocycles. The fourth-order valence-corrected chi connectivity index (χ4v) is 7.93. The summed E-state index contributed by atoms with van der Waals surface area (Å²) in [5.41, 5.74) is 13.5. The molecule has 0 atom stereocenters. The van der Waals surface area contributed by atoms with Crippen LogP contribution in [0.15, 0.2) is 75.0 Å². The Balaban J connectivity index is 0.000000165. The molecule has 0 bridgehead atoms. The van der Waals surface area contributed by atoms with Crippen molar-refractivity contribution in [2.24, 2.45) is 0 Å². The third-order valence-corrected chi connectivity index (χ3v) is 12.9. The summed E-state index contributed by atoms with van der Waals surface area (Å²) < 4.78 is 49.0. The van der Waals surface area contributed by atoms with Crippen LogP contribution in [-0.4, -0.2) is 61.1 Å². The van der Waals surface area contributed by atoms with Gasteiger partial charge in [-0.3, -0.25) is 9.59 Å². The quantitative estimate of drug-likeness (QED) is 0.102. The molecule has 65 heavy (non-hydrogen) atoms. The number of halogens is 4. The van der Waals surface area contributed by atoms with Crippen LogP contribution < -0.4 is 28.0 Å². The molecule has 3 fully saturated rings. The number of aromatic carboxylic acids is 1. The van der Waals surface area contributed by atoms with Gasteiger partial charge in [-0.1, -0.05) is 6.07 Å². The highest BCUT2D eigenvalue weighted by atomic mass is 79.9. The number of anilines is 2. The van der Waals surface area contributed by atoms with Gasteiger partial charge in [0.05, 0.1) is 33.3 Å². The topological polar surface area (TPSA) is 204 Å². The summed E-state index contributed by atoms with van der Waals surface area (Å²) in [6.07, 6.45) is 6.54. The highest BCUT2D eigenvalue weighted by Gasteiger charge is 2.51. The Hall–Kier alpha value is -5.69. The minimum absolute atomic E-state index is 0. The van der Waals surface area contributed by atoms with Crippen LogP contribution in [0, 0.1) is 25.5 Å². The van der Waals surface area contributed by atoms with Crippen LogP contribution >= 0.6 is 28.3 Å². The second-order valence-corrected chi connectivity index (χ2v) is 17.9. The lowest BCUT2D eigenvalue weighted by molar-refractivity contribution is 0.00578. The Kier molecular flexibility index (Phi) is 14.0. The van der Waals surface area contributed by atoms with Gasteiger partial charge < -0.3 is 39.8 Å². The molecule has 0 radical (unpaired) electrons. The van der Waals surface area contributed by atoms with Gasteiger partial charge in [-0.25, -0.2) is 28.3 Å². The predicted molar refractivity (Wildman–Crippen MR) is 252 cm³/mol. The normalized spacial score (nSPS) is 15.9. The van der Waals surface area contributed by atoms with Gasteiger partial charge in [0.2, 0.25) is 0 Å². The molecule has 342 valence electrons. The number of fused-ring (bicyclic) bond motifs is 2. The smallest absolute Gasteiger partial charge is 0.477 e. The number of aryl methyl sites for hydroxylation is 2. The average Bonchev–Trinajstić information content (AvgIpc) is 4.17. The summed E-state index contributed by atoms with van der Waals surface area (Å²) >= 11 is 3.22. The third-order valence-electron chi connectivity index (χ3n) is 11.9. The van der Waals surface area contributed by atoms with E-state index in [1.165, 1.54) is 35.0 Å². The SMILES string of the molecule is CC1(C)OB(c2ccc(N)nc2)OC1(C)C.CCOC(=O)c1cc2cc(F)c(Br)c(C)c2n(C2CC2)c1=O.Cc1c(-c2ccc(N)nc2)c(F)cc2cc(C(=O)O)c(=O)n(C3CC3)c12.Cl. The van der Waals surface area contributed by atoms with Crippen molar-refractivity contribution in [3.8, 4) is 11.1 Å². The molecule has 19 heteroatoms. The number of nitrogen functional groups attached to an aromatic ring is 2. The molecular weight excluding hydrogens is 929 g/mol. The summed E-state index contributed by atoms with van der Waals surface area (Å²) in [5, 5.41) is 10.3. The molecule has 5 N–H and O–H groups in total. The van der Waals surface area contributed by atoms with E-state index in [2.05, 4.69) is 25.9 Å². The monoisotopic (exact) mass is 976 g/mol. The first-order valence-corrected chi connectivity index (χ1v) is 21.6. The lowest BCUT2D eigenvalue weighted by Crippen LogP contribution is -2.41. The summed E-state index contributed by atoms with van der Waals surface area (Å²) in [4.78, 5) is 56.8. The van der Waals surface area contributed by atoms with Crippen LogP contribution in [0.1, 0.15) is 104 Å². The van der Waals surface area contributed by atoms with Gasteiger partial charge in [-0.05, 0) is 144 Å². The number of carboxylic acids is 1. The fourth-order valence-electron chi connectivity index (χ4n) is 7.63. The molecular formula is C46H49BBrClF2N6O8. The molecule has 1 aliphatic heterocycles. The maximum absolute atomic E-state index is 14.9. The van der Waals surface area contributed by atoms with Gasteiger partial charge in [-0.15, -0.1) is 12.4 Å². The van der Waals surface area contributed by atoms with Crippen LogP contribution in [-0.2, 0) is 14.0 Å². The highest BCUT2D eigenvalue weighted by molar-refractivity contribution is 9.10. The third kappa shape index (κ3) is 9.67. The van der Waals surface area contributed by atoms with Crippen LogP contribution in [0.5, 0.6) is 0 Å². The van der Waals surface area contributed by atoms with E-state index in [-0.39, 0.29) is 66.1 Å². The summed E-state index contributed by atoms with van der Waals surface area (Å²) in [5.74, 6) is -2.06. The Labute approximate surface area is 388 Å². The number of carbonyl (C=O) groups is 2. The lowest BCUT2D eigenvalue weighted by Gasteiger charge is -2.32. The second kappa shape index (κ2) is 18.7. The molecule has 2 aromatic carbocycles. The number of carboxylic acid groups (broad SMARTS) is 1. The number of carbonyl (C=O) groups excluding carboxylic acids is 1. The van der Waals surface area contributed by atoms with Gasteiger partial charge in [0.25, 0.3) is 11.1 Å². The molecule has 0 amide bonds. The number of esters is 1. The van der Waals surface area contributed by atoms with Gasteiger partial charge in [-0.2, -0.15) is 0 Å². The number of hydrogen-bond donors (Lipinski definition) is 3. The van der Waals surface area contributed by atoms with Crippen LogP contribution in [0.4, 0.5) is 20.4 Å². The second-order valence-electron chi connectivity index (χ2n) is 17.1. The van der Waals surface area contributed by atoms with E-state index in [9.17, 15) is 33.1 Å². The van der Waals surface area contributed by atoms with Crippen molar-refractivity contribution in [1.82, 2.24) is 19.1 Å². The first-order valence-electron chi connectivity index (χ1n) is 20.8. The molecule has 0 spiro atoms. The first-order chi connectivity index (χ1) is 30.1. The number of aromatic nitrogens is 4. The van der Waals surface area contributed by atoms with E-state index >= 15 is 0 Å². The molecule has 0 unspecified atom stereocenters. The Bertz CT molecular complexity index is 2940. The zero-order valence-corrected chi connectivity index (χ0v) is 39.2. The lowest BCUT2D eigenvalue weighted by atomic mass is 9.80. The minimum atomic E-state index is -1.31. The minimum Gasteiger partial charge on any atom is -0.477 e. The van der Waals surface area contributed by atoms with Gasteiger partial charge in [0.15, 0.2) is 0 Å². The molecule has 14 nitrogen and oxygen atoms in total. The largest absolute Gasteiger partial charge is 0.496 e. The van der Waals surface area contributed by atoms with Crippen LogP contribution in [0.3, 0.4) is 0 Å². The van der Waals surface area contributed by atoms with E-state index in [1.54, 1.807) is 49.7 Å². The molecule has 2 saturated carbocycles. The number of nitrogens with two attached hydrogens (primary N) is 2. The molecule has 2 aliphatic carbocycles. The van der Waals surface area contributed by atoms with E-state index in [1.807, 2.05) is 33.8 Å². The number of nitrogens with zero attached hydrogens (tertiary/aromatic N) is 4. The van der Waals surface area contributed by atoms with Gasteiger partial charge >= 0.3 is 19.1 Å². The van der Waals surface area contributed by atoms with Crippen molar-refractivity contribution in [3.63, 3.8) is 0 Å². The maximum Gasteiger partial charge on any atom is 0.496 e. The van der Waals surface area contributed by atoms with E-state index in [0.717, 1.165) is 31.1 Å². The predicted octanol–water partition coefficient (Wildman–Crippen LogP) is 8.23. The number of ether oxygens (including phenoxy) is 1.